The lowest BCUT2D eigenvalue weighted by Gasteiger charge is -2.30. The molecular weight excluding hydrogens is 520 g/mol. The number of nitrogens with one attached hydrogen (secondary N) is 1. The van der Waals surface area contributed by atoms with Crippen molar-refractivity contribution in [2.75, 3.05) is 39.0 Å². The quantitative estimate of drug-likeness (QED) is 0.391. The Balaban J connectivity index is 1.85. The summed E-state index contributed by atoms with van der Waals surface area (Å²) in [6.07, 6.45) is 4.19. The number of benzene rings is 1. The molecule has 1 aliphatic heterocycles. The van der Waals surface area contributed by atoms with Crippen molar-refractivity contribution in [2.24, 2.45) is 0 Å². The molecule has 0 fully saturated rings. The molecule has 38 heavy (non-hydrogen) atoms. The lowest BCUT2D eigenvalue weighted by molar-refractivity contribution is 0.0827. The molecule has 0 aliphatic carbocycles. The molecule has 10 heteroatoms. The van der Waals surface area contributed by atoms with Crippen molar-refractivity contribution in [1.82, 2.24) is 14.1 Å². The summed E-state index contributed by atoms with van der Waals surface area (Å²) in [7, 11) is -0.214. The van der Waals surface area contributed by atoms with Gasteiger partial charge in [0.25, 0.3) is 11.8 Å². The van der Waals surface area contributed by atoms with E-state index in [1.54, 1.807) is 30.5 Å². The fourth-order valence-corrected chi connectivity index (χ4v) is 7.30. The van der Waals surface area contributed by atoms with Gasteiger partial charge in [-0.15, -0.1) is 11.3 Å². The number of rotatable bonds is 12. The molecule has 0 unspecified atom stereocenters. The molecule has 3 rings (SSSR count). The Labute approximate surface area is 232 Å². The number of nitrogens with zero attached hydrogens (tertiary/aromatic N) is 3. The van der Waals surface area contributed by atoms with Crippen molar-refractivity contribution in [2.45, 2.75) is 77.3 Å². The van der Waals surface area contributed by atoms with Crippen molar-refractivity contribution in [3.63, 3.8) is 0 Å². The third kappa shape index (κ3) is 6.83. The molecule has 1 N–H and O–H groups in total. The van der Waals surface area contributed by atoms with Crippen molar-refractivity contribution in [3.8, 4) is 0 Å². The van der Waals surface area contributed by atoms with Gasteiger partial charge in [0.2, 0.25) is 10.0 Å². The average molecular weight is 563 g/mol. The van der Waals surface area contributed by atoms with Gasteiger partial charge >= 0.3 is 0 Å². The van der Waals surface area contributed by atoms with Crippen LogP contribution in [0.25, 0.3) is 0 Å². The second kappa shape index (κ2) is 13.2. The van der Waals surface area contributed by atoms with Crippen molar-refractivity contribution in [1.29, 1.82) is 0 Å². The number of amides is 2. The number of fused-ring (bicyclic) bond motifs is 1. The van der Waals surface area contributed by atoms with Gasteiger partial charge in [-0.2, -0.15) is 4.31 Å². The molecule has 8 nitrogen and oxygen atoms in total. The zero-order valence-electron chi connectivity index (χ0n) is 23.5. The molecule has 2 aromatic rings. The highest BCUT2D eigenvalue weighted by molar-refractivity contribution is 7.89. The largest absolute Gasteiger partial charge is 0.345 e. The third-order valence-electron chi connectivity index (χ3n) is 6.94. The standard InChI is InChI=1S/C28H42N4O4S2/c1-7-9-16-32(17-10-8-2)38(35,36)22-13-11-21(12-14-22)26(33)29-27-25(28(34)30(5)6)23-15-18-31(20(3)4)19-24(23)37-27/h11-14,20H,7-10,15-19H2,1-6H3,(H,29,33). The van der Waals surface area contributed by atoms with E-state index in [0.717, 1.165) is 55.6 Å². The van der Waals surface area contributed by atoms with Crippen LogP contribution < -0.4 is 5.32 Å². The number of carbonyl (C=O) groups excluding carboxylic acids is 2. The highest BCUT2D eigenvalue weighted by atomic mass is 32.2. The van der Waals surface area contributed by atoms with E-state index in [9.17, 15) is 18.0 Å². The molecule has 1 aromatic heterocycles. The summed E-state index contributed by atoms with van der Waals surface area (Å²) in [6, 6.07) is 6.48. The van der Waals surface area contributed by atoms with E-state index in [-0.39, 0.29) is 16.7 Å². The molecule has 0 spiro atoms. The topological polar surface area (TPSA) is 90.0 Å². The maximum Gasteiger partial charge on any atom is 0.256 e. The van der Waals surface area contributed by atoms with Crippen LogP contribution in [0.2, 0.25) is 0 Å². The number of hydrogen-bond acceptors (Lipinski definition) is 6. The molecule has 210 valence electrons. The summed E-state index contributed by atoms with van der Waals surface area (Å²) >= 11 is 1.45. The predicted molar refractivity (Wildman–Crippen MR) is 155 cm³/mol. The Bertz CT molecular complexity index is 1210. The molecule has 1 aliphatic rings. The Morgan fingerprint density at radius 3 is 2.18 bits per heavy atom. The molecular formula is C28H42N4O4S2. The minimum Gasteiger partial charge on any atom is -0.345 e. The van der Waals surface area contributed by atoms with Gasteiger partial charge < -0.3 is 10.2 Å². The lowest BCUT2D eigenvalue weighted by Crippen LogP contribution is -2.36. The molecule has 0 bridgehead atoms. The van der Waals surface area contributed by atoms with Gasteiger partial charge in [0.15, 0.2) is 0 Å². The molecule has 1 aromatic carbocycles. The second-order valence-electron chi connectivity index (χ2n) is 10.3. The van der Waals surface area contributed by atoms with Crippen molar-refractivity contribution < 1.29 is 18.0 Å². The number of unbranched alkanes of at least 4 members (excludes halogenated alkanes) is 2. The summed E-state index contributed by atoms with van der Waals surface area (Å²) in [6.45, 7) is 11.0. The van der Waals surface area contributed by atoms with Crippen LogP contribution in [-0.4, -0.2) is 74.1 Å². The van der Waals surface area contributed by atoms with E-state index < -0.39 is 10.0 Å². The van der Waals surface area contributed by atoms with Gasteiger partial charge in [0.05, 0.1) is 10.5 Å². The molecule has 0 saturated heterocycles. The first-order valence-electron chi connectivity index (χ1n) is 13.5. The van der Waals surface area contributed by atoms with Gasteiger partial charge in [0, 0.05) is 56.8 Å². The predicted octanol–water partition coefficient (Wildman–Crippen LogP) is 5.06. The molecule has 0 radical (unpaired) electrons. The van der Waals surface area contributed by atoms with E-state index in [2.05, 4.69) is 24.1 Å². The van der Waals surface area contributed by atoms with Crippen LogP contribution in [0.4, 0.5) is 5.00 Å². The number of carbonyl (C=O) groups is 2. The van der Waals surface area contributed by atoms with Gasteiger partial charge in [-0.25, -0.2) is 8.42 Å². The minimum absolute atomic E-state index is 0.128. The summed E-state index contributed by atoms with van der Waals surface area (Å²) < 4.78 is 28.1. The Morgan fingerprint density at radius 2 is 1.66 bits per heavy atom. The molecule has 0 atom stereocenters. The number of hydrogen-bond donors (Lipinski definition) is 1. The van der Waals surface area contributed by atoms with Crippen LogP contribution in [0, 0.1) is 0 Å². The fraction of sp³-hybridized carbons (Fsp3) is 0.571. The van der Waals surface area contributed by atoms with Crippen LogP contribution in [0.1, 0.15) is 84.5 Å². The number of thiophene rings is 1. The lowest BCUT2D eigenvalue weighted by atomic mass is 10.0. The van der Waals surface area contributed by atoms with Crippen LogP contribution in [0.3, 0.4) is 0 Å². The zero-order valence-corrected chi connectivity index (χ0v) is 25.2. The van der Waals surface area contributed by atoms with E-state index in [4.69, 9.17) is 0 Å². The van der Waals surface area contributed by atoms with Crippen LogP contribution in [0.15, 0.2) is 29.2 Å². The van der Waals surface area contributed by atoms with Gasteiger partial charge in [-0.05, 0) is 62.9 Å². The second-order valence-corrected chi connectivity index (χ2v) is 13.4. The maximum atomic E-state index is 13.3. The van der Waals surface area contributed by atoms with Gasteiger partial charge in [-0.1, -0.05) is 26.7 Å². The maximum absolute atomic E-state index is 13.3. The average Bonchev–Trinajstić information content (AvgIpc) is 3.24. The highest BCUT2D eigenvalue weighted by Crippen LogP contribution is 2.38. The number of anilines is 1. The normalized spacial score (nSPS) is 14.1. The SMILES string of the molecule is CCCCN(CCCC)S(=O)(=O)c1ccc(C(=O)Nc2sc3c(c2C(=O)N(C)C)CCN(C(C)C)C3)cc1. The number of sulfonamides is 1. The van der Waals surface area contributed by atoms with E-state index in [1.807, 2.05) is 13.8 Å². The Morgan fingerprint density at radius 1 is 1.05 bits per heavy atom. The van der Waals surface area contributed by atoms with Crippen molar-refractivity contribution >= 4 is 38.2 Å². The molecule has 2 amide bonds. The Hall–Kier alpha value is -2.27. The monoisotopic (exact) mass is 562 g/mol. The van der Waals surface area contributed by atoms with Gasteiger partial charge in [-0.3, -0.25) is 14.5 Å². The third-order valence-corrected chi connectivity index (χ3v) is 9.99. The summed E-state index contributed by atoms with van der Waals surface area (Å²) in [4.78, 5) is 31.5. The first-order valence-corrected chi connectivity index (χ1v) is 15.8. The minimum atomic E-state index is -3.64. The summed E-state index contributed by atoms with van der Waals surface area (Å²) in [5.74, 6) is -0.494. The first kappa shape index (κ1) is 30.3. The summed E-state index contributed by atoms with van der Waals surface area (Å²) in [5.41, 5.74) is 1.92. The Kier molecular flexibility index (Phi) is 10.5. The van der Waals surface area contributed by atoms with Crippen LogP contribution in [-0.2, 0) is 23.0 Å². The van der Waals surface area contributed by atoms with Crippen LogP contribution in [0.5, 0.6) is 0 Å². The van der Waals surface area contributed by atoms with E-state index >= 15 is 0 Å². The molecule has 2 heterocycles. The van der Waals surface area contributed by atoms with E-state index in [0.29, 0.717) is 35.3 Å². The first-order chi connectivity index (χ1) is 18.0. The van der Waals surface area contributed by atoms with Crippen LogP contribution >= 0.6 is 11.3 Å². The molecule has 0 saturated carbocycles. The zero-order chi connectivity index (χ0) is 28.0. The summed E-state index contributed by atoms with van der Waals surface area (Å²) in [5, 5.41) is 3.50. The highest BCUT2D eigenvalue weighted by Gasteiger charge is 2.30. The van der Waals surface area contributed by atoms with E-state index in [1.165, 1.54) is 28.4 Å². The van der Waals surface area contributed by atoms with Gasteiger partial charge in [0.1, 0.15) is 5.00 Å². The van der Waals surface area contributed by atoms with Crippen molar-refractivity contribution in [3.05, 3.63) is 45.8 Å². The smallest absolute Gasteiger partial charge is 0.256 e. The fourth-order valence-electron chi connectivity index (χ4n) is 4.53.